The third-order valence-electron chi connectivity index (χ3n) is 4.17. The molecule has 0 fully saturated rings. The first kappa shape index (κ1) is 18.6. The number of aromatic hydroxyl groups is 1. The van der Waals surface area contributed by atoms with Crippen LogP contribution in [0.2, 0.25) is 5.02 Å². The molecular formula is C19H17ClN4O3S. The maximum absolute atomic E-state index is 10.1. The lowest BCUT2D eigenvalue weighted by molar-refractivity contribution is 0.224. The number of phenolic OH excluding ortho intramolecular Hbond substituents is 1. The molecule has 1 unspecified atom stereocenters. The Kier molecular flexibility index (Phi) is 5.15. The predicted octanol–water partition coefficient (Wildman–Crippen LogP) is 4.52. The van der Waals surface area contributed by atoms with E-state index in [2.05, 4.69) is 20.5 Å². The second kappa shape index (κ2) is 7.73. The second-order valence-corrected chi connectivity index (χ2v) is 7.10. The number of thioether (sulfide) groups is 1. The van der Waals surface area contributed by atoms with E-state index >= 15 is 0 Å². The molecule has 3 aromatic rings. The molecule has 0 spiro atoms. The second-order valence-electron chi connectivity index (χ2n) is 5.92. The number of anilines is 1. The van der Waals surface area contributed by atoms with Gasteiger partial charge in [0.05, 0.1) is 11.6 Å². The van der Waals surface area contributed by atoms with Crippen LogP contribution in [0.3, 0.4) is 0 Å². The number of nitrogens with one attached hydrogen (secondary N) is 1. The molecular weight excluding hydrogens is 400 g/mol. The first-order valence-corrected chi connectivity index (χ1v) is 10.2. The third-order valence-corrected chi connectivity index (χ3v) is 5.00. The molecule has 0 saturated carbocycles. The lowest BCUT2D eigenvalue weighted by Crippen LogP contribution is -2.17. The quantitative estimate of drug-likeness (QED) is 0.600. The highest BCUT2D eigenvalue weighted by molar-refractivity contribution is 7.98. The van der Waals surface area contributed by atoms with Crippen LogP contribution in [0.4, 0.5) is 5.69 Å². The van der Waals surface area contributed by atoms with Gasteiger partial charge < -0.3 is 19.9 Å². The minimum Gasteiger partial charge on any atom is -0.503 e. The molecule has 2 aromatic carbocycles. The van der Waals surface area contributed by atoms with Crippen molar-refractivity contribution in [2.45, 2.75) is 18.3 Å². The summed E-state index contributed by atoms with van der Waals surface area (Å²) in [5.41, 5.74) is 2.89. The number of para-hydroxylation sites is 1. The number of nitrogens with zero attached hydrogens (tertiary/aromatic N) is 3. The smallest absolute Gasteiger partial charge is 0.247 e. The van der Waals surface area contributed by atoms with E-state index in [1.807, 2.05) is 37.4 Å². The van der Waals surface area contributed by atoms with Gasteiger partial charge in [0.15, 0.2) is 23.4 Å². The van der Waals surface area contributed by atoms with Crippen molar-refractivity contribution < 1.29 is 14.6 Å². The fourth-order valence-electron chi connectivity index (χ4n) is 2.90. The average Bonchev–Trinajstić information content (AvgIpc) is 2.87. The molecule has 28 heavy (non-hydrogen) atoms. The molecule has 0 amide bonds. The van der Waals surface area contributed by atoms with Gasteiger partial charge in [0.25, 0.3) is 0 Å². The van der Waals surface area contributed by atoms with Gasteiger partial charge in [0.1, 0.15) is 0 Å². The van der Waals surface area contributed by atoms with Gasteiger partial charge in [-0.2, -0.15) is 4.98 Å². The summed E-state index contributed by atoms with van der Waals surface area (Å²) in [5, 5.41) is 22.6. The Bertz CT molecular complexity index is 1030. The number of fused-ring (bicyclic) bond motifs is 3. The normalized spacial score (nSPS) is 14.9. The number of phenols is 1. The van der Waals surface area contributed by atoms with Crippen molar-refractivity contribution in [3.8, 4) is 28.6 Å². The molecule has 0 bridgehead atoms. The summed E-state index contributed by atoms with van der Waals surface area (Å²) in [6.07, 6.45) is 1.25. The molecule has 0 saturated heterocycles. The number of hydrogen-bond acceptors (Lipinski definition) is 8. The van der Waals surface area contributed by atoms with Crippen molar-refractivity contribution >= 4 is 29.1 Å². The number of ether oxygens (including phenoxy) is 2. The summed E-state index contributed by atoms with van der Waals surface area (Å²) in [5.74, 6) is 0.554. The zero-order valence-electron chi connectivity index (χ0n) is 15.1. The molecule has 1 aliphatic rings. The van der Waals surface area contributed by atoms with Gasteiger partial charge in [-0.05, 0) is 31.4 Å². The number of hydrogen-bond donors (Lipinski definition) is 2. The van der Waals surface area contributed by atoms with Crippen molar-refractivity contribution in [2.75, 3.05) is 18.2 Å². The summed E-state index contributed by atoms with van der Waals surface area (Å²) >= 11 is 7.59. The van der Waals surface area contributed by atoms with Crippen LogP contribution in [0, 0.1) is 0 Å². The zero-order chi connectivity index (χ0) is 19.7. The van der Waals surface area contributed by atoms with E-state index in [9.17, 15) is 5.11 Å². The van der Waals surface area contributed by atoms with Gasteiger partial charge in [-0.1, -0.05) is 41.6 Å². The predicted molar refractivity (Wildman–Crippen MR) is 108 cm³/mol. The van der Waals surface area contributed by atoms with Crippen LogP contribution in [0.25, 0.3) is 11.3 Å². The van der Waals surface area contributed by atoms with E-state index in [0.717, 1.165) is 11.3 Å². The summed E-state index contributed by atoms with van der Waals surface area (Å²) in [6, 6.07) is 11.0. The molecule has 2 heterocycles. The largest absolute Gasteiger partial charge is 0.503 e. The minimum atomic E-state index is -0.619. The summed E-state index contributed by atoms with van der Waals surface area (Å²) in [6.45, 7) is 2.23. The van der Waals surface area contributed by atoms with Gasteiger partial charge in [0, 0.05) is 16.8 Å². The fourth-order valence-corrected chi connectivity index (χ4v) is 3.41. The van der Waals surface area contributed by atoms with E-state index in [-0.39, 0.29) is 10.8 Å². The first-order chi connectivity index (χ1) is 13.6. The highest BCUT2D eigenvalue weighted by Crippen LogP contribution is 2.42. The van der Waals surface area contributed by atoms with Crippen LogP contribution in [-0.2, 0) is 0 Å². The Labute approximate surface area is 171 Å². The number of halogens is 1. The van der Waals surface area contributed by atoms with Crippen molar-refractivity contribution in [2.24, 2.45) is 0 Å². The highest BCUT2D eigenvalue weighted by atomic mass is 35.5. The van der Waals surface area contributed by atoms with Gasteiger partial charge in [0.2, 0.25) is 11.0 Å². The maximum atomic E-state index is 10.1. The number of rotatable bonds is 4. The fraction of sp³-hybridized carbons (Fsp3) is 0.211. The van der Waals surface area contributed by atoms with Crippen LogP contribution in [0.5, 0.6) is 17.4 Å². The highest BCUT2D eigenvalue weighted by Gasteiger charge is 2.27. The SMILES string of the molecule is CCOc1cc(C2Nc3ccccc3-c3nnc(SC)nc3O2)cc(Cl)c1O. The maximum Gasteiger partial charge on any atom is 0.247 e. The Morgan fingerprint density at radius 3 is 2.89 bits per heavy atom. The number of benzene rings is 2. The van der Waals surface area contributed by atoms with Gasteiger partial charge in [-0.15, -0.1) is 10.2 Å². The summed E-state index contributed by atoms with van der Waals surface area (Å²) in [4.78, 5) is 4.48. The van der Waals surface area contributed by atoms with Crippen LogP contribution < -0.4 is 14.8 Å². The van der Waals surface area contributed by atoms with Crippen LogP contribution in [-0.4, -0.2) is 33.2 Å². The molecule has 1 atom stereocenters. The first-order valence-electron chi connectivity index (χ1n) is 8.57. The third kappa shape index (κ3) is 3.41. The van der Waals surface area contributed by atoms with E-state index in [4.69, 9.17) is 21.1 Å². The number of aromatic nitrogens is 3. The minimum absolute atomic E-state index is 0.102. The molecule has 0 aliphatic carbocycles. The Balaban J connectivity index is 1.84. The van der Waals surface area contributed by atoms with Gasteiger partial charge in [-0.25, -0.2) is 0 Å². The summed E-state index contributed by atoms with van der Waals surface area (Å²) in [7, 11) is 0. The lowest BCUT2D eigenvalue weighted by Gasteiger charge is -2.20. The van der Waals surface area contributed by atoms with Crippen LogP contribution >= 0.6 is 23.4 Å². The molecule has 0 radical (unpaired) electrons. The van der Waals surface area contributed by atoms with Gasteiger partial charge in [-0.3, -0.25) is 0 Å². The van der Waals surface area contributed by atoms with Crippen LogP contribution in [0.15, 0.2) is 41.6 Å². The van der Waals surface area contributed by atoms with Crippen molar-refractivity contribution in [1.82, 2.24) is 15.2 Å². The Morgan fingerprint density at radius 2 is 2.11 bits per heavy atom. The summed E-state index contributed by atoms with van der Waals surface area (Å²) < 4.78 is 11.7. The Hall–Kier alpha value is -2.71. The molecule has 1 aromatic heterocycles. The molecule has 144 valence electrons. The molecule has 1 aliphatic heterocycles. The van der Waals surface area contributed by atoms with Crippen molar-refractivity contribution in [3.05, 3.63) is 47.0 Å². The Morgan fingerprint density at radius 1 is 1.29 bits per heavy atom. The van der Waals surface area contributed by atoms with Crippen molar-refractivity contribution in [3.63, 3.8) is 0 Å². The zero-order valence-corrected chi connectivity index (χ0v) is 16.7. The molecule has 2 N–H and O–H groups in total. The van der Waals surface area contributed by atoms with Crippen molar-refractivity contribution in [1.29, 1.82) is 0 Å². The standard InChI is InChI=1S/C19H17ClN4O3S/c1-3-26-14-9-10(8-12(20)16(14)25)17-21-13-7-5-4-6-11(13)15-18(27-17)22-19(28-2)24-23-15/h4-9,17,21,25H,3H2,1-2H3. The molecule has 4 rings (SSSR count). The van der Waals surface area contributed by atoms with E-state index in [1.54, 1.807) is 12.1 Å². The van der Waals surface area contributed by atoms with Gasteiger partial charge >= 0.3 is 0 Å². The lowest BCUT2D eigenvalue weighted by atomic mass is 10.1. The van der Waals surface area contributed by atoms with E-state index in [0.29, 0.717) is 34.7 Å². The molecule has 7 nitrogen and oxygen atoms in total. The van der Waals surface area contributed by atoms with E-state index < -0.39 is 6.23 Å². The van der Waals surface area contributed by atoms with Crippen LogP contribution in [0.1, 0.15) is 18.7 Å². The topological polar surface area (TPSA) is 89.4 Å². The monoisotopic (exact) mass is 416 g/mol. The van der Waals surface area contributed by atoms with E-state index in [1.165, 1.54) is 11.8 Å². The molecule has 9 heteroatoms. The average molecular weight is 417 g/mol.